The van der Waals surface area contributed by atoms with Crippen LogP contribution < -0.4 is 4.90 Å². The van der Waals surface area contributed by atoms with Crippen LogP contribution in [0.4, 0.5) is 28.4 Å². The zero-order chi connectivity index (χ0) is 22.6. The first-order chi connectivity index (χ1) is 15.7. The first-order valence-corrected chi connectivity index (χ1v) is 10.9. The fraction of sp³-hybridized carbons (Fsp3) is 0.269. The highest BCUT2D eigenvalue weighted by molar-refractivity contribution is 5.53. The van der Waals surface area contributed by atoms with Gasteiger partial charge in [0.2, 0.25) is 0 Å². The van der Waals surface area contributed by atoms with Gasteiger partial charge in [0, 0.05) is 19.3 Å². The fourth-order valence-electron chi connectivity index (χ4n) is 3.10. The van der Waals surface area contributed by atoms with Gasteiger partial charge in [-0.2, -0.15) is 25.7 Å². The largest absolute Gasteiger partial charge is 0.375 e. The normalized spacial score (nSPS) is 11.2. The van der Waals surface area contributed by atoms with Gasteiger partial charge in [0.15, 0.2) is 0 Å². The molecule has 0 bridgehead atoms. The third kappa shape index (κ3) is 7.13. The number of anilines is 1. The van der Waals surface area contributed by atoms with E-state index in [0.717, 1.165) is 23.6 Å². The Bertz CT molecular complexity index is 1060. The Kier molecular flexibility index (Phi) is 8.64. The highest BCUT2D eigenvalue weighted by Gasteiger charge is 2.01. The van der Waals surface area contributed by atoms with Crippen LogP contribution in [0.2, 0.25) is 0 Å². The molecule has 0 aliphatic rings. The second-order valence-electron chi connectivity index (χ2n) is 7.57. The molecule has 0 unspecified atom stereocenters. The van der Waals surface area contributed by atoms with E-state index in [4.69, 9.17) is 5.26 Å². The van der Waals surface area contributed by atoms with Crippen molar-refractivity contribution >= 4 is 28.4 Å². The van der Waals surface area contributed by atoms with Crippen molar-refractivity contribution in [2.24, 2.45) is 20.5 Å². The minimum absolute atomic E-state index is 0.600. The summed E-state index contributed by atoms with van der Waals surface area (Å²) in [5, 5.41) is 25.9. The van der Waals surface area contributed by atoms with E-state index < -0.39 is 0 Å². The van der Waals surface area contributed by atoms with E-state index >= 15 is 0 Å². The Morgan fingerprint density at radius 3 is 1.53 bits per heavy atom. The van der Waals surface area contributed by atoms with Gasteiger partial charge in [-0.15, -0.1) is 0 Å². The molecule has 3 rings (SSSR count). The minimum atomic E-state index is 0.600. The van der Waals surface area contributed by atoms with E-state index in [2.05, 4.69) is 57.5 Å². The lowest BCUT2D eigenvalue weighted by Crippen LogP contribution is -2.18. The summed E-state index contributed by atoms with van der Waals surface area (Å²) in [6, 6.07) is 24.6. The van der Waals surface area contributed by atoms with E-state index in [1.54, 1.807) is 24.3 Å². The zero-order valence-electron chi connectivity index (χ0n) is 18.6. The third-order valence-corrected chi connectivity index (χ3v) is 5.05. The Hall–Kier alpha value is -3.85. The SMILES string of the molecule is CCCCCCN(C)c1ccc(N=Nc2ccc(N=Nc3ccc(C#N)cc3)cc2)cc1. The van der Waals surface area contributed by atoms with Crippen molar-refractivity contribution in [2.75, 3.05) is 18.5 Å². The summed E-state index contributed by atoms with van der Waals surface area (Å²) < 4.78 is 0. The summed E-state index contributed by atoms with van der Waals surface area (Å²) in [6.45, 7) is 3.30. The number of hydrogen-bond donors (Lipinski definition) is 0. The topological polar surface area (TPSA) is 76.5 Å². The minimum Gasteiger partial charge on any atom is -0.375 e. The molecule has 0 fully saturated rings. The van der Waals surface area contributed by atoms with Crippen LogP contribution in [0.15, 0.2) is 93.3 Å². The summed E-state index contributed by atoms with van der Waals surface area (Å²) in [5.41, 5.74) is 4.78. The second-order valence-corrected chi connectivity index (χ2v) is 7.57. The maximum Gasteiger partial charge on any atom is 0.0991 e. The molecule has 0 amide bonds. The van der Waals surface area contributed by atoms with Crippen molar-refractivity contribution in [2.45, 2.75) is 32.6 Å². The maximum atomic E-state index is 8.83. The number of unbranched alkanes of at least 4 members (excludes halogenated alkanes) is 3. The lowest BCUT2D eigenvalue weighted by Gasteiger charge is -2.19. The van der Waals surface area contributed by atoms with Crippen molar-refractivity contribution in [3.05, 3.63) is 78.4 Å². The van der Waals surface area contributed by atoms with Crippen LogP contribution in [-0.4, -0.2) is 13.6 Å². The average molecular weight is 425 g/mol. The number of nitriles is 1. The van der Waals surface area contributed by atoms with Gasteiger partial charge in [-0.25, -0.2) is 0 Å². The van der Waals surface area contributed by atoms with E-state index in [1.807, 2.05) is 36.4 Å². The molecule has 162 valence electrons. The lowest BCUT2D eigenvalue weighted by molar-refractivity contribution is 0.661. The number of rotatable bonds is 10. The second kappa shape index (κ2) is 12.1. The molecule has 0 saturated heterocycles. The van der Waals surface area contributed by atoms with Gasteiger partial charge in [-0.05, 0) is 79.2 Å². The van der Waals surface area contributed by atoms with Gasteiger partial charge in [-0.1, -0.05) is 26.2 Å². The Morgan fingerprint density at radius 1 is 0.656 bits per heavy atom. The molecule has 3 aromatic rings. The van der Waals surface area contributed by atoms with Crippen LogP contribution in [0, 0.1) is 11.3 Å². The van der Waals surface area contributed by atoms with Crippen LogP contribution in [0.5, 0.6) is 0 Å². The van der Waals surface area contributed by atoms with Crippen molar-refractivity contribution in [3.63, 3.8) is 0 Å². The molecule has 0 radical (unpaired) electrons. The van der Waals surface area contributed by atoms with Gasteiger partial charge in [0.25, 0.3) is 0 Å². The summed E-state index contributed by atoms with van der Waals surface area (Å²) in [7, 11) is 2.13. The van der Waals surface area contributed by atoms with E-state index in [1.165, 1.54) is 31.4 Å². The Morgan fingerprint density at radius 2 is 1.09 bits per heavy atom. The third-order valence-electron chi connectivity index (χ3n) is 5.05. The van der Waals surface area contributed by atoms with Crippen molar-refractivity contribution in [1.29, 1.82) is 5.26 Å². The average Bonchev–Trinajstić information content (AvgIpc) is 2.85. The lowest BCUT2D eigenvalue weighted by atomic mass is 10.2. The molecule has 0 aliphatic carbocycles. The number of nitrogens with zero attached hydrogens (tertiary/aromatic N) is 6. The van der Waals surface area contributed by atoms with Crippen LogP contribution in [0.1, 0.15) is 38.2 Å². The highest BCUT2D eigenvalue weighted by atomic mass is 15.1. The van der Waals surface area contributed by atoms with Crippen molar-refractivity contribution in [1.82, 2.24) is 0 Å². The summed E-state index contributed by atoms with van der Waals surface area (Å²) in [5.74, 6) is 0. The first-order valence-electron chi connectivity index (χ1n) is 10.9. The summed E-state index contributed by atoms with van der Waals surface area (Å²) >= 11 is 0. The Balaban J connectivity index is 1.53. The van der Waals surface area contributed by atoms with E-state index in [9.17, 15) is 0 Å². The van der Waals surface area contributed by atoms with Crippen LogP contribution in [-0.2, 0) is 0 Å². The van der Waals surface area contributed by atoms with Gasteiger partial charge < -0.3 is 4.90 Å². The van der Waals surface area contributed by atoms with E-state index in [-0.39, 0.29) is 0 Å². The first kappa shape index (κ1) is 22.8. The molecule has 0 aromatic heterocycles. The molecule has 3 aromatic carbocycles. The summed E-state index contributed by atoms with van der Waals surface area (Å²) in [6.07, 6.45) is 5.06. The van der Waals surface area contributed by atoms with Crippen LogP contribution in [0.25, 0.3) is 0 Å². The molecule has 6 heteroatoms. The zero-order valence-corrected chi connectivity index (χ0v) is 18.6. The molecule has 6 nitrogen and oxygen atoms in total. The molecule has 32 heavy (non-hydrogen) atoms. The van der Waals surface area contributed by atoms with Gasteiger partial charge in [0.05, 0.1) is 34.4 Å². The smallest absolute Gasteiger partial charge is 0.0991 e. The van der Waals surface area contributed by atoms with E-state index in [0.29, 0.717) is 11.3 Å². The van der Waals surface area contributed by atoms with Crippen LogP contribution in [0.3, 0.4) is 0 Å². The standard InChI is InChI=1S/C26H28N6/c1-3-4-5-6-19-32(2)26-17-15-25(16-18-26)31-30-24-13-11-23(12-14-24)29-28-22-9-7-21(20-27)8-10-22/h7-18H,3-6,19H2,1-2H3. The number of benzene rings is 3. The summed E-state index contributed by atoms with van der Waals surface area (Å²) in [4.78, 5) is 2.28. The number of hydrogen-bond acceptors (Lipinski definition) is 6. The predicted octanol–water partition coefficient (Wildman–Crippen LogP) is 8.41. The number of azo groups is 2. The molecule has 0 aliphatic heterocycles. The van der Waals surface area contributed by atoms with Crippen molar-refractivity contribution in [3.8, 4) is 6.07 Å². The Labute approximate surface area is 190 Å². The quantitative estimate of drug-likeness (QED) is 0.242. The molecule has 0 spiro atoms. The monoisotopic (exact) mass is 424 g/mol. The maximum absolute atomic E-state index is 8.83. The van der Waals surface area contributed by atoms with Crippen LogP contribution >= 0.6 is 0 Å². The van der Waals surface area contributed by atoms with Gasteiger partial charge in [-0.3, -0.25) is 0 Å². The molecule has 0 N–H and O–H groups in total. The molecule has 0 saturated carbocycles. The predicted molar refractivity (Wildman–Crippen MR) is 130 cm³/mol. The fourth-order valence-corrected chi connectivity index (χ4v) is 3.10. The molecular weight excluding hydrogens is 396 g/mol. The van der Waals surface area contributed by atoms with Gasteiger partial charge >= 0.3 is 0 Å². The van der Waals surface area contributed by atoms with Gasteiger partial charge in [0.1, 0.15) is 0 Å². The molecular formula is C26H28N6. The molecule has 0 heterocycles. The highest BCUT2D eigenvalue weighted by Crippen LogP contribution is 2.25. The molecule has 0 atom stereocenters. The van der Waals surface area contributed by atoms with Crippen molar-refractivity contribution < 1.29 is 0 Å².